The zero-order valence-electron chi connectivity index (χ0n) is 10.9. The molecule has 18 heavy (non-hydrogen) atoms. The first-order valence-electron chi connectivity index (χ1n) is 6.70. The highest BCUT2D eigenvalue weighted by Crippen LogP contribution is 2.48. The molecule has 1 aliphatic carbocycles. The molecule has 4 N–H and O–H groups in total. The number of carboxylic acid groups (broad SMARTS) is 1. The molecule has 4 unspecified atom stereocenters. The van der Waals surface area contributed by atoms with E-state index >= 15 is 0 Å². The molecule has 2 fully saturated rings. The van der Waals surface area contributed by atoms with Gasteiger partial charge in [-0.2, -0.15) is 0 Å². The molecule has 1 aliphatic heterocycles. The minimum absolute atomic E-state index is 0.0210. The lowest BCUT2D eigenvalue weighted by Gasteiger charge is -2.31. The summed E-state index contributed by atoms with van der Waals surface area (Å²) in [6.45, 7) is 0.943. The Bertz CT molecular complexity index is 328. The SMILES string of the molecule is CN1CCC2C1CC(CCC[B]O)C2(N)C(=O)O. The molecule has 101 valence electrons. The Kier molecular flexibility index (Phi) is 3.99. The van der Waals surface area contributed by atoms with E-state index in [9.17, 15) is 9.90 Å². The van der Waals surface area contributed by atoms with Crippen LogP contribution in [0.5, 0.6) is 0 Å². The molecule has 0 amide bonds. The molecular formula is C12H22BN2O3. The number of carboxylic acids is 1. The summed E-state index contributed by atoms with van der Waals surface area (Å²) in [5, 5.41) is 18.2. The van der Waals surface area contributed by atoms with Gasteiger partial charge >= 0.3 is 5.97 Å². The maximum atomic E-state index is 11.6. The molecule has 1 saturated heterocycles. The number of carbonyl (C=O) groups is 1. The quantitative estimate of drug-likeness (QED) is 0.471. The van der Waals surface area contributed by atoms with Gasteiger partial charge in [-0.05, 0) is 38.8 Å². The van der Waals surface area contributed by atoms with Crippen LogP contribution >= 0.6 is 0 Å². The topological polar surface area (TPSA) is 86.8 Å². The lowest BCUT2D eigenvalue weighted by atomic mass is 9.77. The molecule has 2 rings (SSSR count). The van der Waals surface area contributed by atoms with Crippen molar-refractivity contribution < 1.29 is 14.9 Å². The maximum absolute atomic E-state index is 11.6. The van der Waals surface area contributed by atoms with Crippen molar-refractivity contribution >= 4 is 13.5 Å². The number of nitrogens with zero attached hydrogens (tertiary/aromatic N) is 1. The van der Waals surface area contributed by atoms with Crippen LogP contribution in [0.25, 0.3) is 0 Å². The summed E-state index contributed by atoms with van der Waals surface area (Å²) in [4.78, 5) is 13.9. The molecule has 0 aromatic heterocycles. The summed E-state index contributed by atoms with van der Waals surface area (Å²) in [6, 6.07) is 0.314. The number of rotatable bonds is 5. The lowest BCUT2D eigenvalue weighted by Crippen LogP contribution is -2.56. The minimum atomic E-state index is -1.08. The zero-order chi connectivity index (χ0) is 13.3. The van der Waals surface area contributed by atoms with Gasteiger partial charge in [0.2, 0.25) is 0 Å². The van der Waals surface area contributed by atoms with E-state index < -0.39 is 11.5 Å². The molecule has 0 aromatic rings. The van der Waals surface area contributed by atoms with Gasteiger partial charge in [0, 0.05) is 12.0 Å². The highest BCUT2D eigenvalue weighted by molar-refractivity contribution is 6.25. The van der Waals surface area contributed by atoms with Crippen molar-refractivity contribution in [3.05, 3.63) is 0 Å². The summed E-state index contributed by atoms with van der Waals surface area (Å²) in [5.41, 5.74) is 5.20. The predicted octanol–water partition coefficient (Wildman–Crippen LogP) is -0.0813. The van der Waals surface area contributed by atoms with Gasteiger partial charge in [-0.1, -0.05) is 12.7 Å². The predicted molar refractivity (Wildman–Crippen MR) is 69.2 cm³/mol. The lowest BCUT2D eigenvalue weighted by molar-refractivity contribution is -0.146. The summed E-state index contributed by atoms with van der Waals surface area (Å²) >= 11 is 0. The molecule has 1 radical (unpaired) electrons. The summed E-state index contributed by atoms with van der Waals surface area (Å²) in [6.07, 6.45) is 3.94. The summed E-state index contributed by atoms with van der Waals surface area (Å²) < 4.78 is 0. The van der Waals surface area contributed by atoms with Gasteiger partial charge in [0.25, 0.3) is 7.48 Å². The maximum Gasteiger partial charge on any atom is 0.324 e. The number of likely N-dealkylation sites (tertiary alicyclic amines) is 1. The van der Waals surface area contributed by atoms with E-state index in [0.29, 0.717) is 12.4 Å². The zero-order valence-corrected chi connectivity index (χ0v) is 10.9. The van der Waals surface area contributed by atoms with Crippen LogP contribution in [0.2, 0.25) is 6.32 Å². The average Bonchev–Trinajstić information content (AvgIpc) is 2.81. The van der Waals surface area contributed by atoms with Crippen LogP contribution in [0.4, 0.5) is 0 Å². The molecule has 0 aromatic carbocycles. The van der Waals surface area contributed by atoms with Crippen molar-refractivity contribution in [3.8, 4) is 0 Å². The summed E-state index contributed by atoms with van der Waals surface area (Å²) in [5.74, 6) is -0.765. The number of aliphatic carboxylic acids is 1. The van der Waals surface area contributed by atoms with Crippen molar-refractivity contribution in [2.75, 3.05) is 13.6 Å². The van der Waals surface area contributed by atoms with E-state index in [0.717, 1.165) is 39.7 Å². The molecule has 6 heteroatoms. The van der Waals surface area contributed by atoms with Gasteiger partial charge in [-0.15, -0.1) is 0 Å². The van der Waals surface area contributed by atoms with Crippen molar-refractivity contribution in [1.29, 1.82) is 0 Å². The van der Waals surface area contributed by atoms with E-state index in [-0.39, 0.29) is 11.8 Å². The smallest absolute Gasteiger partial charge is 0.324 e. The average molecular weight is 253 g/mol. The summed E-state index contributed by atoms with van der Waals surface area (Å²) in [7, 11) is 3.19. The van der Waals surface area contributed by atoms with Crippen LogP contribution in [-0.2, 0) is 4.79 Å². The second-order valence-electron chi connectivity index (χ2n) is 5.73. The van der Waals surface area contributed by atoms with Crippen LogP contribution < -0.4 is 5.73 Å². The highest BCUT2D eigenvalue weighted by atomic mass is 16.4. The van der Waals surface area contributed by atoms with E-state index in [1.54, 1.807) is 0 Å². The van der Waals surface area contributed by atoms with Crippen LogP contribution in [0, 0.1) is 11.8 Å². The van der Waals surface area contributed by atoms with Crippen LogP contribution in [0.3, 0.4) is 0 Å². The van der Waals surface area contributed by atoms with E-state index in [1.807, 2.05) is 0 Å². The molecule has 4 atom stereocenters. The van der Waals surface area contributed by atoms with Gasteiger partial charge in [-0.3, -0.25) is 4.79 Å². The molecule has 2 aliphatic rings. The monoisotopic (exact) mass is 253 g/mol. The third-order valence-electron chi connectivity index (χ3n) is 4.89. The first kappa shape index (κ1) is 13.8. The van der Waals surface area contributed by atoms with E-state index in [1.165, 1.54) is 0 Å². The Morgan fingerprint density at radius 1 is 1.61 bits per heavy atom. The Labute approximate surface area is 109 Å². The Morgan fingerprint density at radius 3 is 2.94 bits per heavy atom. The minimum Gasteiger partial charge on any atom is -0.480 e. The fraction of sp³-hybridized carbons (Fsp3) is 0.917. The van der Waals surface area contributed by atoms with Gasteiger partial charge in [0.05, 0.1) is 0 Å². The Hall–Kier alpha value is -0.585. The second-order valence-corrected chi connectivity index (χ2v) is 5.73. The number of fused-ring (bicyclic) bond motifs is 1. The van der Waals surface area contributed by atoms with Crippen LogP contribution in [0.1, 0.15) is 25.7 Å². The van der Waals surface area contributed by atoms with Crippen LogP contribution in [-0.4, -0.2) is 53.7 Å². The number of nitrogens with two attached hydrogens (primary N) is 1. The standard InChI is InChI=1S/C12H22BN2O3/c1-15-6-4-9-10(15)7-8(3-2-5-13-18)12(9,14)11(16)17/h8-10,18H,2-7,14H2,1H3,(H,16,17). The number of hydrogen-bond donors (Lipinski definition) is 3. The van der Waals surface area contributed by atoms with Crippen molar-refractivity contribution in [2.24, 2.45) is 17.6 Å². The van der Waals surface area contributed by atoms with Crippen molar-refractivity contribution in [2.45, 2.75) is 43.6 Å². The van der Waals surface area contributed by atoms with Crippen LogP contribution in [0.15, 0.2) is 0 Å². The Morgan fingerprint density at radius 2 is 2.33 bits per heavy atom. The molecule has 5 nitrogen and oxygen atoms in total. The van der Waals surface area contributed by atoms with Gasteiger partial charge in [0.15, 0.2) is 0 Å². The normalized spacial score (nSPS) is 39.8. The van der Waals surface area contributed by atoms with Gasteiger partial charge in [0.1, 0.15) is 5.54 Å². The van der Waals surface area contributed by atoms with Gasteiger partial charge in [-0.25, -0.2) is 0 Å². The second kappa shape index (κ2) is 5.19. The van der Waals surface area contributed by atoms with Gasteiger partial charge < -0.3 is 20.8 Å². The molecule has 0 bridgehead atoms. The largest absolute Gasteiger partial charge is 0.480 e. The molecular weight excluding hydrogens is 231 g/mol. The number of hydrogen-bond acceptors (Lipinski definition) is 4. The highest BCUT2D eigenvalue weighted by Gasteiger charge is 2.59. The fourth-order valence-electron chi connectivity index (χ4n) is 3.84. The molecule has 1 saturated carbocycles. The van der Waals surface area contributed by atoms with Crippen molar-refractivity contribution in [3.63, 3.8) is 0 Å². The third-order valence-corrected chi connectivity index (χ3v) is 4.89. The van der Waals surface area contributed by atoms with Crippen molar-refractivity contribution in [1.82, 2.24) is 4.90 Å². The molecule has 0 spiro atoms. The first-order valence-corrected chi connectivity index (χ1v) is 6.70. The first-order chi connectivity index (χ1) is 8.51. The van der Waals surface area contributed by atoms with E-state index in [4.69, 9.17) is 10.8 Å². The third kappa shape index (κ3) is 2.06. The van der Waals surface area contributed by atoms with E-state index in [2.05, 4.69) is 11.9 Å². The fourth-order valence-corrected chi connectivity index (χ4v) is 3.84. The Balaban J connectivity index is 2.12. The molecule has 1 heterocycles.